The van der Waals surface area contributed by atoms with Crippen LogP contribution in [-0.2, 0) is 11.8 Å². The van der Waals surface area contributed by atoms with Crippen LogP contribution in [-0.4, -0.2) is 26.1 Å². The fourth-order valence-corrected chi connectivity index (χ4v) is 3.48. The molecule has 0 aliphatic rings. The van der Waals surface area contributed by atoms with Gasteiger partial charge in [-0.2, -0.15) is 5.26 Å². The van der Waals surface area contributed by atoms with E-state index < -0.39 is 5.97 Å². The molecule has 0 spiro atoms. The van der Waals surface area contributed by atoms with Crippen molar-refractivity contribution >= 4 is 17.3 Å². The molecule has 0 bridgehead atoms. The number of aromatic carboxylic acids is 1. The molecule has 116 valence electrons. The van der Waals surface area contributed by atoms with Gasteiger partial charge in [0.1, 0.15) is 11.1 Å². The lowest BCUT2D eigenvalue weighted by Gasteiger charge is -2.17. The molecule has 0 aliphatic carbocycles. The number of carboxylic acid groups (broad SMARTS) is 1. The molecule has 2 aromatic rings. The first-order chi connectivity index (χ1) is 10.3. The van der Waals surface area contributed by atoms with Crippen molar-refractivity contribution in [3.63, 3.8) is 0 Å². The Morgan fingerprint density at radius 1 is 1.50 bits per heavy atom. The highest BCUT2D eigenvalue weighted by Gasteiger charge is 2.26. The molecule has 0 unspecified atom stereocenters. The van der Waals surface area contributed by atoms with Gasteiger partial charge in [0.05, 0.1) is 11.3 Å². The van der Waals surface area contributed by atoms with Crippen LogP contribution in [0.25, 0.3) is 5.00 Å². The second kappa shape index (κ2) is 5.89. The maximum absolute atomic E-state index is 11.3. The SMILES string of the molecule is CCCc1c(C(=O)O)nnn1-c1scc(C(C)(C)C)c1C#N. The molecule has 1 N–H and O–H groups in total. The van der Waals surface area contributed by atoms with E-state index >= 15 is 0 Å². The van der Waals surface area contributed by atoms with E-state index in [1.54, 1.807) is 0 Å². The largest absolute Gasteiger partial charge is 0.476 e. The molecule has 2 aromatic heterocycles. The topological polar surface area (TPSA) is 91.8 Å². The van der Waals surface area contributed by atoms with Crippen LogP contribution in [0.4, 0.5) is 0 Å². The smallest absolute Gasteiger partial charge is 0.358 e. The molecule has 0 amide bonds. The van der Waals surface area contributed by atoms with Gasteiger partial charge in [0.15, 0.2) is 5.69 Å². The average molecular weight is 318 g/mol. The van der Waals surface area contributed by atoms with Crippen LogP contribution in [0.2, 0.25) is 0 Å². The third kappa shape index (κ3) is 2.74. The molecule has 22 heavy (non-hydrogen) atoms. The normalized spacial score (nSPS) is 11.4. The summed E-state index contributed by atoms with van der Waals surface area (Å²) in [7, 11) is 0. The first-order valence-electron chi connectivity index (χ1n) is 7.01. The van der Waals surface area contributed by atoms with Crippen molar-refractivity contribution in [3.8, 4) is 11.1 Å². The summed E-state index contributed by atoms with van der Waals surface area (Å²) < 4.78 is 1.51. The molecule has 0 saturated carbocycles. The standard InChI is InChI=1S/C15H18N4O2S/c1-5-6-11-12(14(20)21)17-18-19(11)13-9(7-16)10(8-22-13)15(2,3)4/h8H,5-6H2,1-4H3,(H,20,21). The van der Waals surface area contributed by atoms with Crippen molar-refractivity contribution in [1.29, 1.82) is 5.26 Å². The maximum atomic E-state index is 11.3. The zero-order chi connectivity index (χ0) is 16.5. The van der Waals surface area contributed by atoms with Crippen molar-refractivity contribution in [2.45, 2.75) is 46.0 Å². The Hall–Kier alpha value is -2.20. The molecule has 2 heterocycles. The highest BCUT2D eigenvalue weighted by atomic mass is 32.1. The summed E-state index contributed by atoms with van der Waals surface area (Å²) in [6.45, 7) is 8.08. The number of thiophene rings is 1. The Kier molecular flexibility index (Phi) is 4.33. The van der Waals surface area contributed by atoms with Crippen LogP contribution >= 0.6 is 11.3 Å². The van der Waals surface area contributed by atoms with E-state index in [0.29, 0.717) is 22.7 Å². The van der Waals surface area contributed by atoms with Gasteiger partial charge >= 0.3 is 5.97 Å². The average Bonchev–Trinajstić information content (AvgIpc) is 3.01. The van der Waals surface area contributed by atoms with Gasteiger partial charge in [-0.15, -0.1) is 16.4 Å². The second-order valence-electron chi connectivity index (χ2n) is 6.04. The third-order valence-electron chi connectivity index (χ3n) is 3.34. The van der Waals surface area contributed by atoms with Crippen molar-refractivity contribution in [1.82, 2.24) is 15.0 Å². The molecule has 6 nitrogen and oxygen atoms in total. The molecule has 0 atom stereocenters. The number of nitriles is 1. The van der Waals surface area contributed by atoms with Gasteiger partial charge in [-0.3, -0.25) is 0 Å². The van der Waals surface area contributed by atoms with Crippen LogP contribution in [0.3, 0.4) is 0 Å². The summed E-state index contributed by atoms with van der Waals surface area (Å²) in [5.41, 5.74) is 1.80. The molecular weight excluding hydrogens is 300 g/mol. The monoisotopic (exact) mass is 318 g/mol. The Balaban J connectivity index is 2.66. The first-order valence-corrected chi connectivity index (χ1v) is 7.89. The van der Waals surface area contributed by atoms with E-state index in [4.69, 9.17) is 0 Å². The number of hydrogen-bond donors (Lipinski definition) is 1. The predicted octanol–water partition coefficient (Wildman–Crippen LogP) is 3.15. The van der Waals surface area contributed by atoms with E-state index in [9.17, 15) is 15.2 Å². The van der Waals surface area contributed by atoms with Gasteiger partial charge in [-0.25, -0.2) is 9.48 Å². The molecule has 2 rings (SSSR count). The van der Waals surface area contributed by atoms with Crippen molar-refractivity contribution in [3.05, 3.63) is 27.9 Å². The van der Waals surface area contributed by atoms with Crippen LogP contribution in [0.1, 0.15) is 61.4 Å². The number of carboxylic acids is 1. The Bertz CT molecular complexity index is 747. The second-order valence-corrected chi connectivity index (χ2v) is 6.90. The lowest BCUT2D eigenvalue weighted by Crippen LogP contribution is -2.13. The molecule has 0 fully saturated rings. The number of hydrogen-bond acceptors (Lipinski definition) is 5. The molecular formula is C15H18N4O2S. The van der Waals surface area contributed by atoms with Crippen LogP contribution in [0, 0.1) is 11.3 Å². The van der Waals surface area contributed by atoms with Crippen LogP contribution in [0.15, 0.2) is 5.38 Å². The Morgan fingerprint density at radius 3 is 2.68 bits per heavy atom. The lowest BCUT2D eigenvalue weighted by atomic mass is 9.86. The van der Waals surface area contributed by atoms with Gasteiger partial charge < -0.3 is 5.11 Å². The summed E-state index contributed by atoms with van der Waals surface area (Å²) >= 11 is 1.39. The zero-order valence-corrected chi connectivity index (χ0v) is 13.9. The summed E-state index contributed by atoms with van der Waals surface area (Å²) in [5.74, 6) is -1.10. The number of aromatic nitrogens is 3. The summed E-state index contributed by atoms with van der Waals surface area (Å²) in [6.07, 6.45) is 1.31. The molecule has 0 aliphatic heterocycles. The lowest BCUT2D eigenvalue weighted by molar-refractivity contribution is 0.0689. The number of carbonyl (C=O) groups is 1. The number of nitrogens with zero attached hydrogens (tertiary/aromatic N) is 4. The van der Waals surface area contributed by atoms with Gasteiger partial charge in [0.2, 0.25) is 0 Å². The maximum Gasteiger partial charge on any atom is 0.358 e. The minimum absolute atomic E-state index is 0.0450. The van der Waals surface area contributed by atoms with Gasteiger partial charge in [-0.05, 0) is 22.8 Å². The van der Waals surface area contributed by atoms with E-state index in [1.165, 1.54) is 16.0 Å². The Morgan fingerprint density at radius 2 is 2.18 bits per heavy atom. The van der Waals surface area contributed by atoms with Gasteiger partial charge in [0.25, 0.3) is 0 Å². The quantitative estimate of drug-likeness (QED) is 0.935. The molecule has 0 saturated heterocycles. The fourth-order valence-electron chi connectivity index (χ4n) is 2.26. The minimum atomic E-state index is -1.10. The highest BCUT2D eigenvalue weighted by Crippen LogP contribution is 2.34. The van der Waals surface area contributed by atoms with Gasteiger partial charge in [0, 0.05) is 0 Å². The molecule has 0 radical (unpaired) electrons. The highest BCUT2D eigenvalue weighted by molar-refractivity contribution is 7.13. The van der Waals surface area contributed by atoms with Crippen molar-refractivity contribution in [2.75, 3.05) is 0 Å². The van der Waals surface area contributed by atoms with E-state index in [2.05, 4.69) is 16.4 Å². The van der Waals surface area contributed by atoms with Crippen LogP contribution < -0.4 is 0 Å². The predicted molar refractivity (Wildman–Crippen MR) is 83.6 cm³/mol. The van der Waals surface area contributed by atoms with Crippen molar-refractivity contribution < 1.29 is 9.90 Å². The van der Waals surface area contributed by atoms with Crippen LogP contribution in [0.5, 0.6) is 0 Å². The number of rotatable bonds is 4. The summed E-state index contributed by atoms with van der Waals surface area (Å²) in [4.78, 5) is 11.3. The van der Waals surface area contributed by atoms with Gasteiger partial charge in [-0.1, -0.05) is 39.3 Å². The Labute approximate surface area is 133 Å². The van der Waals surface area contributed by atoms with E-state index in [-0.39, 0.29) is 11.1 Å². The van der Waals surface area contributed by atoms with E-state index in [1.807, 2.05) is 33.1 Å². The summed E-state index contributed by atoms with van der Waals surface area (Å²) in [5, 5.41) is 29.1. The third-order valence-corrected chi connectivity index (χ3v) is 4.29. The van der Waals surface area contributed by atoms with Crippen molar-refractivity contribution in [2.24, 2.45) is 0 Å². The molecule has 7 heteroatoms. The van der Waals surface area contributed by atoms with E-state index in [0.717, 1.165) is 12.0 Å². The fraction of sp³-hybridized carbons (Fsp3) is 0.467. The molecule has 0 aromatic carbocycles. The summed E-state index contributed by atoms with van der Waals surface area (Å²) in [6, 6.07) is 2.23. The zero-order valence-electron chi connectivity index (χ0n) is 13.0. The first kappa shape index (κ1) is 16.2. The minimum Gasteiger partial charge on any atom is -0.476 e.